The Morgan fingerprint density at radius 1 is 1.24 bits per heavy atom. The molecule has 0 bridgehead atoms. The van der Waals surface area contributed by atoms with E-state index in [9.17, 15) is 33.4 Å². The Labute approximate surface area is 183 Å². The first-order valence-corrected chi connectivity index (χ1v) is 13.2. The van der Waals surface area contributed by atoms with E-state index in [1.807, 2.05) is 0 Å². The first-order chi connectivity index (χ1) is 15.1. The molecule has 0 aromatic carbocycles. The Bertz CT molecular complexity index is 1270. The van der Waals surface area contributed by atoms with Gasteiger partial charge in [0.25, 0.3) is 5.56 Å². The van der Waals surface area contributed by atoms with E-state index in [2.05, 4.69) is 23.6 Å². The lowest BCUT2D eigenvalue weighted by molar-refractivity contribution is -0.0449. The van der Waals surface area contributed by atoms with Crippen LogP contribution in [0.3, 0.4) is 0 Å². The Balaban J connectivity index is 1.84. The molecule has 0 amide bonds. The quantitative estimate of drug-likeness (QED) is 0.198. The summed E-state index contributed by atoms with van der Waals surface area (Å²) in [5, 5.41) is 10.5. The molecular weight excluding hydrogens is 515 g/mol. The molecule has 33 heavy (non-hydrogen) atoms. The zero-order valence-corrected chi connectivity index (χ0v) is 19.0. The van der Waals surface area contributed by atoms with Crippen molar-refractivity contribution >= 4 is 40.4 Å². The van der Waals surface area contributed by atoms with Crippen molar-refractivity contribution in [2.75, 3.05) is 12.8 Å². The number of hydrogen-bond donors (Lipinski definition) is 7. The number of phosphoric acid groups is 2. The molecule has 0 radical (unpaired) electrons. The van der Waals surface area contributed by atoms with Gasteiger partial charge in [-0.3, -0.25) is 18.9 Å². The van der Waals surface area contributed by atoms with E-state index >= 15 is 0 Å². The lowest BCUT2D eigenvalue weighted by Crippen LogP contribution is -2.32. The number of hydrogen-bond acceptors (Lipinski definition) is 12. The maximum absolute atomic E-state index is 12.0. The number of ether oxygens (including phenoxy) is 2. The van der Waals surface area contributed by atoms with Gasteiger partial charge >= 0.3 is 23.2 Å². The van der Waals surface area contributed by atoms with E-state index in [-0.39, 0.29) is 17.1 Å². The van der Waals surface area contributed by atoms with Crippen molar-refractivity contribution in [1.29, 1.82) is 0 Å². The largest absolute Gasteiger partial charge is 0.488 e. The van der Waals surface area contributed by atoms with Crippen LogP contribution >= 0.6 is 23.2 Å². The second-order valence-electron chi connectivity index (χ2n) is 6.49. The number of aliphatic hydroxyl groups is 1. The molecule has 3 rings (SSSR count). The van der Waals surface area contributed by atoms with Crippen LogP contribution in [0.5, 0.6) is 0 Å². The minimum Gasteiger partial charge on any atom is -0.387 e. The Kier molecular flexibility index (Phi) is 7.13. The van der Waals surface area contributed by atoms with Gasteiger partial charge in [-0.05, 0) is 6.08 Å². The van der Waals surface area contributed by atoms with Crippen molar-refractivity contribution in [1.82, 2.24) is 19.5 Å². The van der Waals surface area contributed by atoms with Gasteiger partial charge < -0.3 is 39.9 Å². The van der Waals surface area contributed by atoms with Gasteiger partial charge in [0.2, 0.25) is 5.95 Å². The second kappa shape index (κ2) is 9.11. The molecule has 0 spiro atoms. The maximum Gasteiger partial charge on any atom is 0.488 e. The average molecular weight is 533 g/mol. The van der Waals surface area contributed by atoms with Crippen LogP contribution in [0.1, 0.15) is 6.23 Å². The van der Waals surface area contributed by atoms with Crippen LogP contribution < -0.4 is 11.3 Å². The number of nitrogens with zero attached hydrogens (tertiary/aromatic N) is 3. The molecule has 21 heteroatoms. The SMILES string of the molecule is CO[C@@H]1[C@H](O)[C@@H](C=CP(=O)(O)OP(=O)(O)OP(=O)(O)O)O[C@H]1n1cnc2c(=O)[nH]c(N)nc21. The van der Waals surface area contributed by atoms with Crippen LogP contribution in [0.15, 0.2) is 23.0 Å². The molecule has 18 nitrogen and oxygen atoms in total. The predicted molar refractivity (Wildman–Crippen MR) is 106 cm³/mol. The first-order valence-electron chi connectivity index (χ1n) is 8.54. The van der Waals surface area contributed by atoms with Gasteiger partial charge in [0.1, 0.15) is 18.3 Å². The zero-order valence-electron chi connectivity index (χ0n) is 16.3. The Hall–Kier alpha value is -1.78. The van der Waals surface area contributed by atoms with Gasteiger partial charge in [0.05, 0.1) is 6.33 Å². The van der Waals surface area contributed by atoms with Gasteiger partial charge in [-0.2, -0.15) is 9.29 Å². The predicted octanol–water partition coefficient (Wildman–Crippen LogP) is -1.10. The average Bonchev–Trinajstić information content (AvgIpc) is 3.17. The number of nitrogen functional groups attached to an aromatic ring is 1. The summed E-state index contributed by atoms with van der Waals surface area (Å²) >= 11 is 0. The summed E-state index contributed by atoms with van der Waals surface area (Å²) in [6.07, 6.45) is -3.13. The fourth-order valence-electron chi connectivity index (χ4n) is 2.96. The van der Waals surface area contributed by atoms with Crippen LogP contribution in [0, 0.1) is 0 Å². The topological polar surface area (TPSA) is 279 Å². The summed E-state index contributed by atoms with van der Waals surface area (Å²) in [6, 6.07) is 0. The van der Waals surface area contributed by atoms with Gasteiger partial charge in [-0.15, -0.1) is 0 Å². The summed E-state index contributed by atoms with van der Waals surface area (Å²) in [5.41, 5.74) is 4.81. The maximum atomic E-state index is 12.0. The third-order valence-corrected chi connectivity index (χ3v) is 8.13. The molecule has 2 aromatic heterocycles. The number of nitrogens with one attached hydrogen (secondary N) is 1. The molecule has 2 unspecified atom stereocenters. The van der Waals surface area contributed by atoms with Crippen molar-refractivity contribution in [2.24, 2.45) is 0 Å². The van der Waals surface area contributed by atoms with Crippen molar-refractivity contribution in [3.8, 4) is 0 Å². The van der Waals surface area contributed by atoms with Gasteiger partial charge in [-0.1, -0.05) is 0 Å². The monoisotopic (exact) mass is 533 g/mol. The number of aromatic amines is 1. The smallest absolute Gasteiger partial charge is 0.387 e. The van der Waals surface area contributed by atoms with Crippen LogP contribution in [0.4, 0.5) is 5.95 Å². The van der Waals surface area contributed by atoms with Crippen LogP contribution in [-0.4, -0.2) is 69.6 Å². The van der Waals surface area contributed by atoms with Crippen molar-refractivity contribution in [3.63, 3.8) is 0 Å². The van der Waals surface area contributed by atoms with Gasteiger partial charge in [0, 0.05) is 12.9 Å². The fourth-order valence-corrected chi connectivity index (χ4v) is 6.21. The van der Waals surface area contributed by atoms with Crippen molar-refractivity contribution < 1.29 is 56.5 Å². The number of imidazole rings is 1. The number of nitrogens with two attached hydrogens (primary N) is 1. The highest BCUT2D eigenvalue weighted by Gasteiger charge is 2.45. The highest BCUT2D eigenvalue weighted by atomic mass is 31.3. The van der Waals surface area contributed by atoms with E-state index in [4.69, 9.17) is 25.0 Å². The zero-order chi connectivity index (χ0) is 24.8. The third-order valence-electron chi connectivity index (χ3n) is 4.14. The number of anilines is 1. The summed E-state index contributed by atoms with van der Waals surface area (Å²) < 4.78 is 53.6. The summed E-state index contributed by atoms with van der Waals surface area (Å²) in [6.45, 7) is 0. The van der Waals surface area contributed by atoms with E-state index < -0.39 is 53.3 Å². The highest BCUT2D eigenvalue weighted by Crippen LogP contribution is 2.66. The molecule has 184 valence electrons. The Morgan fingerprint density at radius 2 is 1.91 bits per heavy atom. The van der Waals surface area contributed by atoms with Crippen molar-refractivity contribution in [3.05, 3.63) is 28.6 Å². The van der Waals surface area contributed by atoms with Crippen LogP contribution in [0.25, 0.3) is 11.2 Å². The third kappa shape index (κ3) is 6.02. The van der Waals surface area contributed by atoms with Gasteiger partial charge in [-0.25, -0.2) is 18.4 Å². The minimum absolute atomic E-state index is 0.00732. The van der Waals surface area contributed by atoms with E-state index in [1.54, 1.807) is 0 Å². The molecule has 1 aliphatic rings. The second-order valence-corrected chi connectivity index (χ2v) is 11.1. The molecule has 6 atom stereocenters. The molecule has 1 saturated heterocycles. The molecule has 0 saturated carbocycles. The normalized spacial score (nSPS) is 27.7. The van der Waals surface area contributed by atoms with Crippen molar-refractivity contribution in [2.45, 2.75) is 24.5 Å². The molecular formula is C12H18N5O13P3. The van der Waals surface area contributed by atoms with E-state index in [0.29, 0.717) is 5.82 Å². The number of H-pyrrole nitrogens is 1. The molecule has 2 aromatic rings. The van der Waals surface area contributed by atoms with E-state index in [0.717, 1.165) is 6.08 Å². The number of fused-ring (bicyclic) bond motifs is 1. The molecule has 3 heterocycles. The standard InChI is InChI=1S/C12H18N5O13P3/c1-27-8-7(18)5(2-3-31(20,21)29-33(25,26)30-32(22,23)24)28-11(8)17-4-14-6-9(17)15-12(13)16-10(6)19/h2-5,7-8,11,18H,1H3,(H,20,21)(H,25,26)(H2,22,23,24)(H3,13,15,16,19)/t5-,7-,8-,11-/m1/s1. The summed E-state index contributed by atoms with van der Waals surface area (Å²) in [7, 11) is -15.1. The van der Waals surface area contributed by atoms with E-state index in [1.165, 1.54) is 18.0 Å². The molecule has 8 N–H and O–H groups in total. The molecule has 1 aliphatic heterocycles. The molecule has 1 fully saturated rings. The lowest BCUT2D eigenvalue weighted by Gasteiger charge is -2.19. The van der Waals surface area contributed by atoms with Crippen LogP contribution in [0.2, 0.25) is 0 Å². The number of aromatic nitrogens is 4. The fraction of sp³-hybridized carbons (Fsp3) is 0.417. The van der Waals surface area contributed by atoms with Crippen LogP contribution in [-0.2, 0) is 31.8 Å². The number of aliphatic hydroxyl groups excluding tert-OH is 1. The minimum atomic E-state index is -5.64. The molecule has 0 aliphatic carbocycles. The Morgan fingerprint density at radius 3 is 2.52 bits per heavy atom. The first kappa shape index (κ1) is 25.8. The lowest BCUT2D eigenvalue weighted by atomic mass is 10.1. The highest BCUT2D eigenvalue weighted by molar-refractivity contribution is 7.69. The number of rotatable bonds is 8. The van der Waals surface area contributed by atoms with Gasteiger partial charge in [0.15, 0.2) is 17.4 Å². The summed E-state index contributed by atoms with van der Waals surface area (Å²) in [5.74, 6) is 0.122. The summed E-state index contributed by atoms with van der Waals surface area (Å²) in [4.78, 5) is 58.1. The number of methoxy groups -OCH3 is 1.